The molecule has 1 rings (SSSR count). The Bertz CT molecular complexity index is 125. The van der Waals surface area contributed by atoms with Gasteiger partial charge in [-0.2, -0.15) is 0 Å². The zero-order valence-electron chi connectivity index (χ0n) is 8.29. The average molecular weight is 237 g/mol. The molecule has 0 bridgehead atoms. The van der Waals surface area contributed by atoms with Crippen molar-refractivity contribution in [3.8, 4) is 0 Å². The first-order valence-electron chi connectivity index (χ1n) is 4.79. The Morgan fingerprint density at radius 2 is 1.83 bits per heavy atom. The van der Waals surface area contributed by atoms with E-state index >= 15 is 0 Å². The lowest BCUT2D eigenvalue weighted by molar-refractivity contribution is 0.0266. The van der Waals surface area contributed by atoms with E-state index in [1.54, 1.807) is 0 Å². The number of hydrogen-bond acceptors (Lipinski definition) is 1. The third-order valence-electron chi connectivity index (χ3n) is 2.99. The molecule has 0 heterocycles. The van der Waals surface area contributed by atoms with Crippen molar-refractivity contribution < 1.29 is 5.11 Å². The van der Waals surface area contributed by atoms with Crippen molar-refractivity contribution in [2.45, 2.75) is 46.1 Å². The highest BCUT2D eigenvalue weighted by atomic mass is 79.9. The van der Waals surface area contributed by atoms with Crippen LogP contribution in [0.1, 0.15) is 40.0 Å². The summed E-state index contributed by atoms with van der Waals surface area (Å²) in [5, 5.41) is 9.71. The second kappa shape index (κ2) is 5.23. The third kappa shape index (κ3) is 3.06. The molecular weight excluding hydrogens is 216 g/mol. The fourth-order valence-electron chi connectivity index (χ4n) is 2.15. The Morgan fingerprint density at radius 3 is 2.25 bits per heavy atom. The molecule has 0 saturated heterocycles. The van der Waals surface area contributed by atoms with Crippen LogP contribution in [-0.4, -0.2) is 11.2 Å². The van der Waals surface area contributed by atoms with E-state index in [0.717, 1.165) is 12.3 Å². The Labute approximate surface area is 86.3 Å². The Hall–Kier alpha value is 0.440. The lowest BCUT2D eigenvalue weighted by atomic mass is 9.75. The first kappa shape index (κ1) is 12.4. The highest BCUT2D eigenvalue weighted by molar-refractivity contribution is 8.93. The zero-order valence-corrected chi connectivity index (χ0v) is 10.00. The molecule has 3 unspecified atom stereocenters. The van der Waals surface area contributed by atoms with Gasteiger partial charge in [-0.3, -0.25) is 0 Å². The SMILES string of the molecule is Br.CC1CCC(C(C)C)C(O)C1. The molecular formula is C10H21BrO. The first-order chi connectivity index (χ1) is 5.11. The maximum Gasteiger partial charge on any atom is 0.0573 e. The number of aliphatic hydroxyl groups is 1. The fraction of sp³-hybridized carbons (Fsp3) is 1.00. The minimum Gasteiger partial charge on any atom is -0.393 e. The van der Waals surface area contributed by atoms with Gasteiger partial charge in [-0.15, -0.1) is 17.0 Å². The molecule has 0 radical (unpaired) electrons. The van der Waals surface area contributed by atoms with Gasteiger partial charge >= 0.3 is 0 Å². The summed E-state index contributed by atoms with van der Waals surface area (Å²) in [4.78, 5) is 0. The van der Waals surface area contributed by atoms with Crippen LogP contribution in [0.2, 0.25) is 0 Å². The normalized spacial score (nSPS) is 36.2. The van der Waals surface area contributed by atoms with Crippen LogP contribution in [0.5, 0.6) is 0 Å². The molecule has 2 heteroatoms. The van der Waals surface area contributed by atoms with E-state index in [1.807, 2.05) is 0 Å². The lowest BCUT2D eigenvalue weighted by Gasteiger charge is -2.33. The summed E-state index contributed by atoms with van der Waals surface area (Å²) in [6, 6.07) is 0. The topological polar surface area (TPSA) is 20.2 Å². The van der Waals surface area contributed by atoms with Crippen molar-refractivity contribution in [3.05, 3.63) is 0 Å². The highest BCUT2D eigenvalue weighted by Crippen LogP contribution is 2.33. The molecule has 0 aromatic heterocycles. The summed E-state index contributed by atoms with van der Waals surface area (Å²) in [6.45, 7) is 6.66. The molecule has 0 spiro atoms. The van der Waals surface area contributed by atoms with E-state index in [9.17, 15) is 5.11 Å². The summed E-state index contributed by atoms with van der Waals surface area (Å²) in [7, 11) is 0. The highest BCUT2D eigenvalue weighted by Gasteiger charge is 2.28. The molecule has 3 atom stereocenters. The third-order valence-corrected chi connectivity index (χ3v) is 2.99. The maximum absolute atomic E-state index is 9.71. The van der Waals surface area contributed by atoms with E-state index in [1.165, 1.54) is 12.8 Å². The van der Waals surface area contributed by atoms with Crippen LogP contribution in [0.4, 0.5) is 0 Å². The predicted molar refractivity (Wildman–Crippen MR) is 57.7 cm³/mol. The molecule has 0 aliphatic heterocycles. The van der Waals surface area contributed by atoms with Crippen molar-refractivity contribution in [3.63, 3.8) is 0 Å². The molecule has 12 heavy (non-hydrogen) atoms. The van der Waals surface area contributed by atoms with Crippen molar-refractivity contribution in [2.75, 3.05) is 0 Å². The van der Waals surface area contributed by atoms with E-state index in [0.29, 0.717) is 11.8 Å². The minimum atomic E-state index is -0.0289. The number of aliphatic hydroxyl groups excluding tert-OH is 1. The van der Waals surface area contributed by atoms with Crippen LogP contribution in [0.15, 0.2) is 0 Å². The minimum absolute atomic E-state index is 0. The molecule has 74 valence electrons. The first-order valence-corrected chi connectivity index (χ1v) is 4.79. The van der Waals surface area contributed by atoms with Crippen molar-refractivity contribution in [1.82, 2.24) is 0 Å². The summed E-state index contributed by atoms with van der Waals surface area (Å²) in [5.41, 5.74) is 0. The van der Waals surface area contributed by atoms with E-state index in [4.69, 9.17) is 0 Å². The quantitative estimate of drug-likeness (QED) is 0.743. The van der Waals surface area contributed by atoms with Gasteiger partial charge in [0.2, 0.25) is 0 Å². The number of rotatable bonds is 1. The van der Waals surface area contributed by atoms with Crippen LogP contribution in [0.25, 0.3) is 0 Å². The number of halogens is 1. The monoisotopic (exact) mass is 236 g/mol. The van der Waals surface area contributed by atoms with Gasteiger partial charge < -0.3 is 5.11 Å². The second-order valence-corrected chi connectivity index (χ2v) is 4.39. The summed E-state index contributed by atoms with van der Waals surface area (Å²) >= 11 is 0. The van der Waals surface area contributed by atoms with Crippen LogP contribution in [-0.2, 0) is 0 Å². The molecule has 1 aliphatic carbocycles. The van der Waals surface area contributed by atoms with Crippen molar-refractivity contribution >= 4 is 17.0 Å². The summed E-state index contributed by atoms with van der Waals surface area (Å²) < 4.78 is 0. The van der Waals surface area contributed by atoms with Crippen molar-refractivity contribution in [1.29, 1.82) is 0 Å². The molecule has 1 N–H and O–H groups in total. The van der Waals surface area contributed by atoms with Crippen molar-refractivity contribution in [2.24, 2.45) is 17.8 Å². The van der Waals surface area contributed by atoms with Gasteiger partial charge in [-0.1, -0.05) is 27.2 Å². The predicted octanol–water partition coefficient (Wildman–Crippen LogP) is 3.02. The van der Waals surface area contributed by atoms with E-state index in [-0.39, 0.29) is 23.1 Å². The summed E-state index contributed by atoms with van der Waals surface area (Å²) in [6.07, 6.45) is 3.52. The molecule has 0 amide bonds. The molecule has 1 fully saturated rings. The van der Waals surface area contributed by atoms with Gasteiger partial charge in [0.15, 0.2) is 0 Å². The molecule has 1 saturated carbocycles. The van der Waals surface area contributed by atoms with Gasteiger partial charge in [0.05, 0.1) is 6.10 Å². The van der Waals surface area contributed by atoms with Gasteiger partial charge in [0, 0.05) is 0 Å². The zero-order chi connectivity index (χ0) is 8.43. The van der Waals surface area contributed by atoms with Gasteiger partial charge in [0.25, 0.3) is 0 Å². The molecule has 0 aromatic carbocycles. The van der Waals surface area contributed by atoms with Gasteiger partial charge in [-0.25, -0.2) is 0 Å². The average Bonchev–Trinajstić information content (AvgIpc) is 1.85. The standard InChI is InChI=1S/C10H20O.BrH/c1-7(2)9-5-4-8(3)6-10(9)11;/h7-11H,4-6H2,1-3H3;1H. The smallest absolute Gasteiger partial charge is 0.0573 e. The van der Waals surface area contributed by atoms with Gasteiger partial charge in [0.1, 0.15) is 0 Å². The van der Waals surface area contributed by atoms with Gasteiger partial charge in [-0.05, 0) is 30.6 Å². The largest absolute Gasteiger partial charge is 0.393 e. The summed E-state index contributed by atoms with van der Waals surface area (Å²) in [5.74, 6) is 1.95. The Morgan fingerprint density at radius 1 is 1.25 bits per heavy atom. The van der Waals surface area contributed by atoms with Crippen LogP contribution in [0, 0.1) is 17.8 Å². The fourth-order valence-corrected chi connectivity index (χ4v) is 2.15. The Balaban J connectivity index is 0.00000121. The van der Waals surface area contributed by atoms with Crippen LogP contribution >= 0.6 is 17.0 Å². The second-order valence-electron chi connectivity index (χ2n) is 4.39. The van der Waals surface area contributed by atoms with Crippen LogP contribution in [0.3, 0.4) is 0 Å². The molecule has 1 aliphatic rings. The Kier molecular flexibility index (Phi) is 5.42. The molecule has 1 nitrogen and oxygen atoms in total. The van der Waals surface area contributed by atoms with E-state index < -0.39 is 0 Å². The van der Waals surface area contributed by atoms with E-state index in [2.05, 4.69) is 20.8 Å². The number of hydrogen-bond donors (Lipinski definition) is 1. The maximum atomic E-state index is 9.71. The lowest BCUT2D eigenvalue weighted by Crippen LogP contribution is -2.31. The van der Waals surface area contributed by atoms with Crippen LogP contribution < -0.4 is 0 Å². The molecule has 0 aromatic rings.